The summed E-state index contributed by atoms with van der Waals surface area (Å²) in [7, 11) is 0. The highest BCUT2D eigenvalue weighted by Gasteiger charge is 2.41. The number of amides is 4. The zero-order chi connectivity index (χ0) is 52.4. The van der Waals surface area contributed by atoms with Crippen molar-refractivity contribution in [3.8, 4) is 0 Å². The molecule has 4 rings (SSSR count). The number of esters is 4. The van der Waals surface area contributed by atoms with Crippen LogP contribution in [0.4, 0.5) is 11.4 Å². The van der Waals surface area contributed by atoms with Crippen LogP contribution in [0.2, 0.25) is 0 Å². The number of nitrogens with zero attached hydrogens (tertiary/aromatic N) is 2. The van der Waals surface area contributed by atoms with E-state index in [4.69, 9.17) is 14.2 Å². The maximum atomic E-state index is 14.1. The first kappa shape index (κ1) is 56.8. The Labute approximate surface area is 414 Å². The Kier molecular flexibility index (Phi) is 22.1. The van der Waals surface area contributed by atoms with Crippen LogP contribution in [0, 0.1) is 0 Å². The number of aromatic carboxylic acids is 2. The third-order valence-corrected chi connectivity index (χ3v) is 13.0. The second-order valence-corrected chi connectivity index (χ2v) is 18.1. The van der Waals surface area contributed by atoms with Gasteiger partial charge in [-0.05, 0) is 64.8 Å². The number of hydrogen-bond donors (Lipinski definition) is 2. The molecule has 0 radical (unpaired) electrons. The summed E-state index contributed by atoms with van der Waals surface area (Å²) in [4.78, 5) is 136. The SMILES string of the molecule is CCCCCCCCCCCCOC(=O)c1cc(N2C(=O)C(C)=C(C)C2=O)c(C(=O)O)cc1C(=O)OC(=O)c1cc(C(=O)O)c(N2C(=O)C(C)=C(C)C2=O)cc1C(=O)OCCCCCCCCCCCC. The topological polar surface area (TPSA) is 245 Å². The van der Waals surface area contributed by atoms with Crippen molar-refractivity contribution in [2.75, 3.05) is 23.0 Å². The predicted octanol–water partition coefficient (Wildman–Crippen LogP) is 10.7. The summed E-state index contributed by atoms with van der Waals surface area (Å²) in [5.41, 5.74) is -5.79. The Morgan fingerprint density at radius 2 is 0.634 bits per heavy atom. The number of unbranched alkanes of at least 4 members (excludes halogenated alkanes) is 18. The van der Waals surface area contributed by atoms with Crippen LogP contribution < -0.4 is 9.80 Å². The molecule has 384 valence electrons. The van der Waals surface area contributed by atoms with Crippen molar-refractivity contribution in [1.29, 1.82) is 0 Å². The highest BCUT2D eigenvalue weighted by molar-refractivity contribution is 6.35. The number of carbonyl (C=O) groups excluding carboxylic acids is 8. The van der Waals surface area contributed by atoms with E-state index in [1.807, 2.05) is 0 Å². The first-order valence-electron chi connectivity index (χ1n) is 24.9. The lowest BCUT2D eigenvalue weighted by molar-refractivity contribution is -0.122. The van der Waals surface area contributed by atoms with Gasteiger partial charge in [0.05, 0.1) is 58.0 Å². The van der Waals surface area contributed by atoms with Crippen LogP contribution >= 0.6 is 0 Å². The Morgan fingerprint density at radius 3 is 0.901 bits per heavy atom. The van der Waals surface area contributed by atoms with E-state index in [0.717, 1.165) is 89.2 Å². The van der Waals surface area contributed by atoms with Crippen LogP contribution in [-0.4, -0.2) is 82.9 Å². The predicted molar refractivity (Wildman–Crippen MR) is 263 cm³/mol. The van der Waals surface area contributed by atoms with Crippen molar-refractivity contribution < 1.29 is 72.4 Å². The molecule has 0 aromatic heterocycles. The highest BCUT2D eigenvalue weighted by atomic mass is 16.6. The van der Waals surface area contributed by atoms with Crippen molar-refractivity contribution in [2.24, 2.45) is 0 Å². The summed E-state index contributed by atoms with van der Waals surface area (Å²) in [5.74, 6) is -12.7. The lowest BCUT2D eigenvalue weighted by atomic mass is 9.99. The van der Waals surface area contributed by atoms with E-state index in [1.54, 1.807) is 0 Å². The van der Waals surface area contributed by atoms with Gasteiger partial charge in [0.15, 0.2) is 0 Å². The van der Waals surface area contributed by atoms with Crippen LogP contribution in [-0.2, 0) is 33.4 Å². The molecule has 2 aliphatic heterocycles. The Morgan fingerprint density at radius 1 is 0.380 bits per heavy atom. The van der Waals surface area contributed by atoms with Gasteiger partial charge in [0.25, 0.3) is 23.6 Å². The Balaban J connectivity index is 1.67. The minimum Gasteiger partial charge on any atom is -0.478 e. The third kappa shape index (κ3) is 14.6. The number of rotatable bonds is 30. The van der Waals surface area contributed by atoms with Crippen LogP contribution in [0.1, 0.15) is 232 Å². The number of carboxylic acid groups (broad SMARTS) is 2. The maximum absolute atomic E-state index is 14.1. The molecule has 0 saturated carbocycles. The van der Waals surface area contributed by atoms with Crippen LogP contribution in [0.15, 0.2) is 46.6 Å². The van der Waals surface area contributed by atoms with Gasteiger partial charge in [-0.25, -0.2) is 38.6 Å². The number of benzene rings is 2. The number of anilines is 2. The van der Waals surface area contributed by atoms with Gasteiger partial charge in [-0.15, -0.1) is 0 Å². The molecule has 17 nitrogen and oxygen atoms in total. The molecule has 2 aromatic rings. The summed E-state index contributed by atoms with van der Waals surface area (Å²) >= 11 is 0. The first-order chi connectivity index (χ1) is 33.9. The largest absolute Gasteiger partial charge is 0.478 e. The third-order valence-electron chi connectivity index (χ3n) is 13.0. The standard InChI is InChI=1S/C54H68N2O15/c1-7-9-11-13-15-17-19-21-23-25-27-69-51(65)39-31-43(55-45(57)33(3)34(4)46(55)58)41(49(61)62)29-37(39)53(67)71-54(68)38-30-42(50(63)64)44(56-47(59)35(5)36(6)48(56)60)32-40(38)52(66)70-28-26-24-22-20-18-16-14-12-10-8-2/h29-32H,7-28H2,1-6H3,(H,61,62)(H,63,64). The molecule has 0 unspecified atom stereocenters. The molecule has 2 heterocycles. The summed E-state index contributed by atoms with van der Waals surface area (Å²) in [6.45, 7) is 9.48. The summed E-state index contributed by atoms with van der Waals surface area (Å²) in [5, 5.41) is 20.7. The van der Waals surface area contributed by atoms with Gasteiger partial charge in [0, 0.05) is 22.3 Å². The molecule has 0 spiro atoms. The normalized spacial score (nSPS) is 13.7. The molecule has 2 N–H and O–H groups in total. The van der Waals surface area contributed by atoms with Gasteiger partial charge in [-0.1, -0.05) is 129 Å². The van der Waals surface area contributed by atoms with E-state index in [2.05, 4.69) is 13.8 Å². The summed E-state index contributed by atoms with van der Waals surface area (Å²) in [6.07, 6.45) is 19.7. The second kappa shape index (κ2) is 27.6. The monoisotopic (exact) mass is 984 g/mol. The van der Waals surface area contributed by atoms with E-state index in [0.29, 0.717) is 47.6 Å². The van der Waals surface area contributed by atoms with Gasteiger partial charge in [0.1, 0.15) is 0 Å². The van der Waals surface area contributed by atoms with Gasteiger partial charge < -0.3 is 24.4 Å². The lowest BCUT2D eigenvalue weighted by Gasteiger charge is -2.21. The lowest BCUT2D eigenvalue weighted by Crippen LogP contribution is -2.33. The van der Waals surface area contributed by atoms with E-state index in [-0.39, 0.29) is 35.5 Å². The molecule has 0 fully saturated rings. The number of hydrogen-bond acceptors (Lipinski definition) is 13. The molecule has 0 saturated heterocycles. The van der Waals surface area contributed by atoms with Gasteiger partial charge in [0.2, 0.25) is 0 Å². The molecular weight excluding hydrogens is 917 g/mol. The van der Waals surface area contributed by atoms with Crippen molar-refractivity contribution in [2.45, 2.75) is 170 Å². The van der Waals surface area contributed by atoms with E-state index < -0.39 is 104 Å². The second-order valence-electron chi connectivity index (χ2n) is 18.1. The summed E-state index contributed by atoms with van der Waals surface area (Å²) < 4.78 is 16.2. The van der Waals surface area contributed by atoms with E-state index in [9.17, 15) is 58.2 Å². The minimum absolute atomic E-state index is 0.00933. The molecule has 71 heavy (non-hydrogen) atoms. The Bertz CT molecular complexity index is 2250. The van der Waals surface area contributed by atoms with Crippen molar-refractivity contribution in [1.82, 2.24) is 0 Å². The molecule has 17 heteroatoms. The van der Waals surface area contributed by atoms with Crippen LogP contribution in [0.5, 0.6) is 0 Å². The zero-order valence-corrected chi connectivity index (χ0v) is 42.0. The van der Waals surface area contributed by atoms with Gasteiger partial charge in [-0.2, -0.15) is 0 Å². The van der Waals surface area contributed by atoms with Crippen LogP contribution in [0.3, 0.4) is 0 Å². The molecule has 2 aromatic carbocycles. The number of carbonyl (C=O) groups is 10. The first-order valence-corrected chi connectivity index (χ1v) is 24.9. The number of imide groups is 2. The quantitative estimate of drug-likeness (QED) is 0.0243. The van der Waals surface area contributed by atoms with Gasteiger partial charge in [-0.3, -0.25) is 19.2 Å². The molecule has 0 atom stereocenters. The molecule has 4 amide bonds. The summed E-state index contributed by atoms with van der Waals surface area (Å²) in [6, 6.07) is 2.90. The highest BCUT2D eigenvalue weighted by Crippen LogP contribution is 2.35. The van der Waals surface area contributed by atoms with E-state index >= 15 is 0 Å². The fraction of sp³-hybridized carbons (Fsp3) is 0.519. The van der Waals surface area contributed by atoms with E-state index in [1.165, 1.54) is 53.4 Å². The fourth-order valence-corrected chi connectivity index (χ4v) is 8.36. The molecule has 2 aliphatic rings. The molecule has 0 aliphatic carbocycles. The van der Waals surface area contributed by atoms with Gasteiger partial charge >= 0.3 is 35.8 Å². The van der Waals surface area contributed by atoms with Crippen molar-refractivity contribution >= 4 is 70.8 Å². The molecule has 0 bridgehead atoms. The zero-order valence-electron chi connectivity index (χ0n) is 42.0. The average Bonchev–Trinajstić information content (AvgIpc) is 3.66. The minimum atomic E-state index is -1.74. The smallest absolute Gasteiger partial charge is 0.346 e. The Hall–Kier alpha value is -6.78. The molecular formula is C54H68N2O15. The average molecular weight is 985 g/mol. The van der Waals surface area contributed by atoms with Crippen LogP contribution in [0.25, 0.3) is 0 Å². The van der Waals surface area contributed by atoms with Crippen molar-refractivity contribution in [3.05, 3.63) is 79.9 Å². The fourth-order valence-electron chi connectivity index (χ4n) is 8.36. The number of carboxylic acids is 2. The number of ether oxygens (including phenoxy) is 3. The maximum Gasteiger partial charge on any atom is 0.346 e. The van der Waals surface area contributed by atoms with Crippen molar-refractivity contribution in [3.63, 3.8) is 0 Å².